The first-order chi connectivity index (χ1) is 9.34. The molecule has 1 heterocycles. The van der Waals surface area contributed by atoms with Gasteiger partial charge in [0, 0.05) is 12.8 Å². The second-order valence-electron chi connectivity index (χ2n) is 3.79. The maximum atomic E-state index is 13.2. The number of alkyl halides is 8. The third kappa shape index (κ3) is 3.42. The van der Waals surface area contributed by atoms with Gasteiger partial charge in [0.15, 0.2) is 5.69 Å². The van der Waals surface area contributed by atoms with Gasteiger partial charge in [-0.3, -0.25) is 4.68 Å². The molecule has 0 aliphatic heterocycles. The highest BCUT2D eigenvalue weighted by molar-refractivity contribution is 7.99. The van der Waals surface area contributed by atoms with Gasteiger partial charge in [-0.2, -0.15) is 40.2 Å². The summed E-state index contributed by atoms with van der Waals surface area (Å²) in [6.45, 7) is -0.585. The summed E-state index contributed by atoms with van der Waals surface area (Å²) in [6, 6.07) is 0. The number of aryl methyl sites for hydroxylation is 1. The third-order valence-electron chi connectivity index (χ3n) is 2.26. The van der Waals surface area contributed by atoms with E-state index in [0.29, 0.717) is 0 Å². The van der Waals surface area contributed by atoms with Crippen molar-refractivity contribution in [3.05, 3.63) is 11.3 Å². The molecule has 21 heavy (non-hydrogen) atoms. The molecule has 0 amide bonds. The molecular formula is C9H8F8N2OS. The zero-order valence-corrected chi connectivity index (χ0v) is 11.0. The summed E-state index contributed by atoms with van der Waals surface area (Å²) < 4.78 is 102. The van der Waals surface area contributed by atoms with Gasteiger partial charge in [-0.1, -0.05) is 0 Å². The van der Waals surface area contributed by atoms with Crippen molar-refractivity contribution < 1.29 is 40.2 Å². The topological polar surface area (TPSA) is 38.0 Å². The number of hydrogen-bond donors (Lipinski definition) is 1. The average molecular weight is 344 g/mol. The number of thioether (sulfide) groups is 1. The second-order valence-corrected chi connectivity index (χ2v) is 4.88. The quantitative estimate of drug-likeness (QED) is 0.674. The molecule has 0 aromatic carbocycles. The Labute approximate surface area is 116 Å². The lowest BCUT2D eigenvalue weighted by Crippen LogP contribution is -2.36. The highest BCUT2D eigenvalue weighted by atomic mass is 32.2. The van der Waals surface area contributed by atoms with Crippen molar-refractivity contribution in [1.82, 2.24) is 9.78 Å². The van der Waals surface area contributed by atoms with Crippen molar-refractivity contribution in [2.45, 2.75) is 23.3 Å². The van der Waals surface area contributed by atoms with Crippen LogP contribution in [0.1, 0.15) is 11.3 Å². The zero-order chi connectivity index (χ0) is 16.6. The van der Waals surface area contributed by atoms with E-state index in [1.54, 1.807) is 0 Å². The van der Waals surface area contributed by atoms with Crippen LogP contribution in [0.25, 0.3) is 0 Å². The minimum Gasteiger partial charge on any atom is -0.396 e. The Morgan fingerprint density at radius 1 is 1.10 bits per heavy atom. The van der Waals surface area contributed by atoms with Crippen molar-refractivity contribution >= 4 is 11.8 Å². The van der Waals surface area contributed by atoms with Gasteiger partial charge < -0.3 is 5.11 Å². The summed E-state index contributed by atoms with van der Waals surface area (Å²) in [7, 11) is 0.810. The molecule has 0 unspecified atom stereocenters. The smallest absolute Gasteiger partial charge is 0.396 e. The van der Waals surface area contributed by atoms with Crippen LogP contribution < -0.4 is 0 Å². The number of halogens is 8. The van der Waals surface area contributed by atoms with Crippen LogP contribution >= 0.6 is 11.8 Å². The predicted molar refractivity (Wildman–Crippen MR) is 56.0 cm³/mol. The van der Waals surface area contributed by atoms with Crippen molar-refractivity contribution in [3.8, 4) is 0 Å². The predicted octanol–water partition coefficient (Wildman–Crippen LogP) is 3.18. The summed E-state index contributed by atoms with van der Waals surface area (Å²) in [5, 5.41) is 10.3. The largest absolute Gasteiger partial charge is 0.459 e. The van der Waals surface area contributed by atoms with Crippen molar-refractivity contribution in [3.63, 3.8) is 0 Å². The fourth-order valence-electron chi connectivity index (χ4n) is 1.43. The summed E-state index contributed by atoms with van der Waals surface area (Å²) in [6.07, 6.45) is -11.7. The monoisotopic (exact) mass is 344 g/mol. The molecule has 1 aromatic heterocycles. The third-order valence-corrected chi connectivity index (χ3v) is 3.39. The maximum absolute atomic E-state index is 13.2. The molecule has 1 N–H and O–H groups in total. The SMILES string of the molecule is Cn1nc(C(F)(F)C(F)(F)F)c(C(F)(F)F)c1SCCO. The van der Waals surface area contributed by atoms with Gasteiger partial charge in [0.1, 0.15) is 10.6 Å². The van der Waals surface area contributed by atoms with Crippen LogP contribution in [-0.2, 0) is 19.1 Å². The average Bonchev–Trinajstić information content (AvgIpc) is 2.62. The molecule has 122 valence electrons. The fraction of sp³-hybridized carbons (Fsp3) is 0.667. The van der Waals surface area contributed by atoms with Gasteiger partial charge in [-0.05, 0) is 0 Å². The van der Waals surface area contributed by atoms with Gasteiger partial charge in [0.25, 0.3) is 0 Å². The van der Waals surface area contributed by atoms with E-state index in [1.165, 1.54) is 0 Å². The number of aliphatic hydroxyl groups excluding tert-OH is 1. The standard InChI is InChI=1S/C9H8F8N2OS/c1-19-6(21-3-2-20)4(8(12,13)14)5(18-19)7(10,11)9(15,16)17/h20H,2-3H2,1H3. The van der Waals surface area contributed by atoms with E-state index in [0.717, 1.165) is 7.05 Å². The molecule has 1 aromatic rings. The summed E-state index contributed by atoms with van der Waals surface area (Å²) in [5.41, 5.74) is -4.55. The van der Waals surface area contributed by atoms with E-state index in [-0.39, 0.29) is 22.2 Å². The molecule has 1 rings (SSSR count). The first kappa shape index (κ1) is 18.0. The molecule has 0 spiro atoms. The number of nitrogens with zero attached hydrogens (tertiary/aromatic N) is 2. The zero-order valence-electron chi connectivity index (χ0n) is 10.2. The van der Waals surface area contributed by atoms with E-state index < -0.39 is 41.2 Å². The molecule has 3 nitrogen and oxygen atoms in total. The van der Waals surface area contributed by atoms with Crippen molar-refractivity contribution in [2.75, 3.05) is 12.4 Å². The molecule has 0 atom stereocenters. The number of aliphatic hydroxyl groups is 1. The molecule has 0 saturated carbocycles. The molecule has 0 bridgehead atoms. The highest BCUT2D eigenvalue weighted by Crippen LogP contribution is 2.49. The van der Waals surface area contributed by atoms with E-state index in [1.807, 2.05) is 0 Å². The van der Waals surface area contributed by atoms with Gasteiger partial charge in [0.2, 0.25) is 0 Å². The molecule has 0 aliphatic rings. The number of rotatable bonds is 4. The Kier molecular flexibility index (Phi) is 4.83. The normalized spacial score (nSPS) is 13.8. The van der Waals surface area contributed by atoms with Crippen LogP contribution in [0, 0.1) is 0 Å². The van der Waals surface area contributed by atoms with E-state index >= 15 is 0 Å². The Morgan fingerprint density at radius 2 is 1.62 bits per heavy atom. The lowest BCUT2D eigenvalue weighted by Gasteiger charge is -2.19. The van der Waals surface area contributed by atoms with Crippen molar-refractivity contribution in [1.29, 1.82) is 0 Å². The van der Waals surface area contributed by atoms with Gasteiger partial charge >= 0.3 is 18.3 Å². The van der Waals surface area contributed by atoms with Crippen LogP contribution in [0.5, 0.6) is 0 Å². The lowest BCUT2D eigenvalue weighted by atomic mass is 10.1. The van der Waals surface area contributed by atoms with Gasteiger partial charge in [-0.15, -0.1) is 11.8 Å². The molecule has 0 fully saturated rings. The number of aromatic nitrogens is 2. The van der Waals surface area contributed by atoms with Crippen LogP contribution in [0.3, 0.4) is 0 Å². The fourth-order valence-corrected chi connectivity index (χ4v) is 2.29. The number of hydrogen-bond acceptors (Lipinski definition) is 3. The summed E-state index contributed by atoms with van der Waals surface area (Å²) in [5.74, 6) is -6.06. The van der Waals surface area contributed by atoms with E-state index in [2.05, 4.69) is 5.10 Å². The minimum absolute atomic E-state index is 0.278. The Balaban J connectivity index is 3.54. The summed E-state index contributed by atoms with van der Waals surface area (Å²) >= 11 is 0.278. The van der Waals surface area contributed by atoms with E-state index in [4.69, 9.17) is 5.11 Å². The first-order valence-electron chi connectivity index (χ1n) is 5.17. The maximum Gasteiger partial charge on any atom is 0.459 e. The van der Waals surface area contributed by atoms with Gasteiger partial charge in [-0.25, -0.2) is 0 Å². The molecule has 0 aliphatic carbocycles. The van der Waals surface area contributed by atoms with Crippen LogP contribution in [0.4, 0.5) is 35.1 Å². The molecule has 0 radical (unpaired) electrons. The first-order valence-corrected chi connectivity index (χ1v) is 6.15. The van der Waals surface area contributed by atoms with Crippen molar-refractivity contribution in [2.24, 2.45) is 7.05 Å². The molecule has 0 saturated heterocycles. The van der Waals surface area contributed by atoms with E-state index in [9.17, 15) is 35.1 Å². The molecular weight excluding hydrogens is 336 g/mol. The Hall–Kier alpha value is -1.04. The lowest BCUT2D eigenvalue weighted by molar-refractivity contribution is -0.292. The Morgan fingerprint density at radius 3 is 2.00 bits per heavy atom. The Bertz CT molecular complexity index is 507. The summed E-state index contributed by atoms with van der Waals surface area (Å²) in [4.78, 5) is 0. The van der Waals surface area contributed by atoms with Crippen LogP contribution in [0.2, 0.25) is 0 Å². The van der Waals surface area contributed by atoms with Crippen LogP contribution in [0.15, 0.2) is 5.03 Å². The highest BCUT2D eigenvalue weighted by Gasteiger charge is 2.64. The second kappa shape index (κ2) is 5.63. The molecule has 12 heteroatoms. The van der Waals surface area contributed by atoms with Crippen LogP contribution in [-0.4, -0.2) is 33.4 Å². The minimum atomic E-state index is -6.21. The van der Waals surface area contributed by atoms with Gasteiger partial charge in [0.05, 0.1) is 6.61 Å².